The van der Waals surface area contributed by atoms with Gasteiger partial charge in [-0.15, -0.1) is 11.3 Å². The average molecular weight is 499 g/mol. The SMILES string of the molecule is CN1CCc2nc(NC(=O)C3CCN(S(=O)(=O)c4ccc(S(C)(=O)=O)cc4)CC3)sc2C1. The lowest BCUT2D eigenvalue weighted by atomic mass is 9.97. The van der Waals surface area contributed by atoms with Crippen LogP contribution in [0.5, 0.6) is 0 Å². The highest BCUT2D eigenvalue weighted by molar-refractivity contribution is 7.90. The van der Waals surface area contributed by atoms with Crippen LogP contribution in [0, 0.1) is 5.92 Å². The van der Waals surface area contributed by atoms with Crippen LogP contribution >= 0.6 is 11.3 Å². The van der Waals surface area contributed by atoms with Gasteiger partial charge in [0.1, 0.15) is 0 Å². The Morgan fingerprint density at radius 2 is 1.69 bits per heavy atom. The van der Waals surface area contributed by atoms with Gasteiger partial charge in [-0.2, -0.15) is 4.31 Å². The molecule has 1 aromatic heterocycles. The number of anilines is 1. The average Bonchev–Trinajstić information content (AvgIpc) is 3.14. The van der Waals surface area contributed by atoms with Crippen LogP contribution in [0.4, 0.5) is 5.13 Å². The number of fused-ring (bicyclic) bond motifs is 1. The summed E-state index contributed by atoms with van der Waals surface area (Å²) in [5.74, 6) is -0.406. The Balaban J connectivity index is 1.36. The Bertz CT molecular complexity index is 1210. The van der Waals surface area contributed by atoms with Gasteiger partial charge in [0.25, 0.3) is 0 Å². The summed E-state index contributed by atoms with van der Waals surface area (Å²) in [7, 11) is -5.09. The molecule has 1 aromatic carbocycles. The molecule has 1 N–H and O–H groups in total. The van der Waals surface area contributed by atoms with Crippen LogP contribution < -0.4 is 5.32 Å². The molecule has 0 aliphatic carbocycles. The number of rotatable bonds is 5. The molecule has 1 amide bonds. The Labute approximate surface area is 192 Å². The van der Waals surface area contributed by atoms with Crippen molar-refractivity contribution in [1.82, 2.24) is 14.2 Å². The van der Waals surface area contributed by atoms with Crippen LogP contribution in [0.25, 0.3) is 0 Å². The normalized spacial score (nSPS) is 18.9. The second-order valence-corrected chi connectivity index (χ2v) is 13.3. The maximum absolute atomic E-state index is 12.9. The molecule has 2 aromatic rings. The summed E-state index contributed by atoms with van der Waals surface area (Å²) in [4.78, 5) is 20.8. The van der Waals surface area contributed by atoms with E-state index in [-0.39, 0.29) is 34.7 Å². The summed E-state index contributed by atoms with van der Waals surface area (Å²) >= 11 is 1.50. The number of thiazole rings is 1. The monoisotopic (exact) mass is 498 g/mol. The molecule has 0 saturated carbocycles. The van der Waals surface area contributed by atoms with E-state index in [1.165, 1.54) is 44.8 Å². The van der Waals surface area contributed by atoms with Crippen LogP contribution in [0.2, 0.25) is 0 Å². The molecule has 3 heterocycles. The summed E-state index contributed by atoms with van der Waals surface area (Å²) < 4.78 is 50.4. The lowest BCUT2D eigenvalue weighted by molar-refractivity contribution is -0.120. The summed E-state index contributed by atoms with van der Waals surface area (Å²) in [6.45, 7) is 2.25. The predicted octanol–water partition coefficient (Wildman–Crippen LogP) is 1.57. The number of benzene rings is 1. The van der Waals surface area contributed by atoms with Gasteiger partial charge in [-0.25, -0.2) is 21.8 Å². The Morgan fingerprint density at radius 3 is 2.31 bits per heavy atom. The minimum atomic E-state index is -3.75. The number of nitrogens with one attached hydrogen (secondary N) is 1. The van der Waals surface area contributed by atoms with Crippen LogP contribution in [-0.4, -0.2) is 69.9 Å². The van der Waals surface area contributed by atoms with Crippen molar-refractivity contribution in [2.24, 2.45) is 5.92 Å². The second-order valence-electron chi connectivity index (χ2n) is 8.29. The molecule has 174 valence electrons. The quantitative estimate of drug-likeness (QED) is 0.665. The number of hydrogen-bond acceptors (Lipinski definition) is 8. The third-order valence-electron chi connectivity index (χ3n) is 5.87. The molecule has 9 nitrogen and oxygen atoms in total. The van der Waals surface area contributed by atoms with E-state index in [0.717, 1.165) is 31.5 Å². The predicted molar refractivity (Wildman–Crippen MR) is 122 cm³/mol. The third-order valence-corrected chi connectivity index (χ3v) is 9.91. The molecule has 0 radical (unpaired) electrons. The molecule has 1 saturated heterocycles. The van der Waals surface area contributed by atoms with Crippen LogP contribution in [0.15, 0.2) is 34.1 Å². The minimum Gasteiger partial charge on any atom is -0.302 e. The fourth-order valence-corrected chi connectivity index (χ4v) is 7.14. The smallest absolute Gasteiger partial charge is 0.243 e. The van der Waals surface area contributed by atoms with Gasteiger partial charge in [-0.3, -0.25) is 4.79 Å². The van der Waals surface area contributed by atoms with Crippen molar-refractivity contribution >= 4 is 42.2 Å². The maximum atomic E-state index is 12.9. The Kier molecular flexibility index (Phi) is 6.43. The number of hydrogen-bond donors (Lipinski definition) is 1. The lowest BCUT2D eigenvalue weighted by Gasteiger charge is -2.30. The number of piperidine rings is 1. The molecule has 0 atom stereocenters. The number of nitrogens with zero attached hydrogens (tertiary/aromatic N) is 3. The van der Waals surface area contributed by atoms with Crippen molar-refractivity contribution in [1.29, 1.82) is 0 Å². The zero-order valence-corrected chi connectivity index (χ0v) is 20.4. The molecular formula is C20H26N4O5S3. The van der Waals surface area contributed by atoms with Gasteiger partial charge in [0.15, 0.2) is 15.0 Å². The van der Waals surface area contributed by atoms with E-state index in [9.17, 15) is 21.6 Å². The topological polar surface area (TPSA) is 117 Å². The standard InChI is InChI=1S/C20H26N4O5S3/c1-23-10-9-17-18(13-23)30-20(21-17)22-19(25)14-7-11-24(12-8-14)32(28,29)16-5-3-15(4-6-16)31(2,26)27/h3-6,14H,7-13H2,1-2H3,(H,21,22,25). The second kappa shape index (κ2) is 8.82. The summed E-state index contributed by atoms with van der Waals surface area (Å²) in [6, 6.07) is 5.22. The number of carbonyl (C=O) groups is 1. The van der Waals surface area contributed by atoms with Crippen molar-refractivity contribution in [3.63, 3.8) is 0 Å². The molecule has 32 heavy (non-hydrogen) atoms. The zero-order valence-electron chi connectivity index (χ0n) is 17.9. The van der Waals surface area contributed by atoms with Gasteiger partial charge in [0.2, 0.25) is 15.9 Å². The van der Waals surface area contributed by atoms with E-state index in [2.05, 4.69) is 22.2 Å². The molecule has 0 spiro atoms. The van der Waals surface area contributed by atoms with Gasteiger partial charge in [0.05, 0.1) is 15.5 Å². The Morgan fingerprint density at radius 1 is 1.06 bits per heavy atom. The molecule has 4 rings (SSSR count). The zero-order chi connectivity index (χ0) is 23.1. The van der Waals surface area contributed by atoms with Crippen molar-refractivity contribution < 1.29 is 21.6 Å². The largest absolute Gasteiger partial charge is 0.302 e. The highest BCUT2D eigenvalue weighted by Gasteiger charge is 2.32. The number of aromatic nitrogens is 1. The fraction of sp³-hybridized carbons (Fsp3) is 0.500. The molecule has 2 aliphatic rings. The number of sulfonamides is 1. The minimum absolute atomic E-state index is 0.0473. The van der Waals surface area contributed by atoms with Crippen molar-refractivity contribution in [2.45, 2.75) is 35.6 Å². The number of carbonyl (C=O) groups excluding carboxylic acids is 1. The first kappa shape index (κ1) is 23.3. The molecule has 0 unspecified atom stereocenters. The van der Waals surface area contributed by atoms with E-state index < -0.39 is 19.9 Å². The fourth-order valence-electron chi connectivity index (χ4n) is 3.95. The van der Waals surface area contributed by atoms with Crippen molar-refractivity contribution in [3.05, 3.63) is 34.8 Å². The molecule has 1 fully saturated rings. The number of amides is 1. The van der Waals surface area contributed by atoms with Crippen LogP contribution in [0.3, 0.4) is 0 Å². The van der Waals surface area contributed by atoms with Crippen molar-refractivity contribution in [3.8, 4) is 0 Å². The first-order chi connectivity index (χ1) is 15.0. The summed E-state index contributed by atoms with van der Waals surface area (Å²) in [5, 5.41) is 3.52. The highest BCUT2D eigenvalue weighted by atomic mass is 32.2. The van der Waals surface area contributed by atoms with E-state index in [4.69, 9.17) is 0 Å². The summed E-state index contributed by atoms with van der Waals surface area (Å²) in [5.41, 5.74) is 1.05. The van der Waals surface area contributed by atoms with E-state index >= 15 is 0 Å². The van der Waals surface area contributed by atoms with Gasteiger partial charge in [-0.05, 0) is 44.2 Å². The van der Waals surface area contributed by atoms with Crippen molar-refractivity contribution in [2.75, 3.05) is 38.3 Å². The molecular weight excluding hydrogens is 472 g/mol. The van der Waals surface area contributed by atoms with E-state index in [1.54, 1.807) is 0 Å². The molecule has 12 heteroatoms. The molecule has 2 aliphatic heterocycles. The van der Waals surface area contributed by atoms with Gasteiger partial charge in [0, 0.05) is 49.7 Å². The van der Waals surface area contributed by atoms with Gasteiger partial charge < -0.3 is 10.2 Å². The van der Waals surface area contributed by atoms with Crippen LogP contribution in [-0.2, 0) is 37.6 Å². The molecule has 0 bridgehead atoms. The third kappa shape index (κ3) is 4.88. The number of sulfone groups is 1. The summed E-state index contributed by atoms with van der Waals surface area (Å²) in [6.07, 6.45) is 2.78. The Hall–Kier alpha value is -1.86. The lowest BCUT2D eigenvalue weighted by Crippen LogP contribution is -2.41. The van der Waals surface area contributed by atoms with E-state index in [1.807, 2.05) is 0 Å². The highest BCUT2D eigenvalue weighted by Crippen LogP contribution is 2.30. The van der Waals surface area contributed by atoms with Gasteiger partial charge in [-0.1, -0.05) is 0 Å². The van der Waals surface area contributed by atoms with Gasteiger partial charge >= 0.3 is 0 Å². The van der Waals surface area contributed by atoms with E-state index in [0.29, 0.717) is 18.0 Å². The first-order valence-electron chi connectivity index (χ1n) is 10.3. The maximum Gasteiger partial charge on any atom is 0.243 e. The number of likely N-dealkylation sites (N-methyl/N-ethyl adjacent to an activating group) is 1. The first-order valence-corrected chi connectivity index (χ1v) is 14.5. The van der Waals surface area contributed by atoms with Crippen LogP contribution in [0.1, 0.15) is 23.4 Å².